The van der Waals surface area contributed by atoms with Crippen LogP contribution in [0.25, 0.3) is 5.69 Å². The van der Waals surface area contributed by atoms with E-state index in [9.17, 15) is 41.0 Å². The van der Waals surface area contributed by atoms with E-state index in [1.807, 2.05) is 4.98 Å². The van der Waals surface area contributed by atoms with E-state index in [0.29, 0.717) is 11.8 Å². The summed E-state index contributed by atoms with van der Waals surface area (Å²) < 4.78 is 77.4. The minimum Gasteiger partial charge on any atom is -0.492 e. The molecule has 0 amide bonds. The van der Waals surface area contributed by atoms with E-state index in [1.54, 1.807) is 0 Å². The van der Waals surface area contributed by atoms with Crippen LogP contribution >= 0.6 is 11.8 Å². The van der Waals surface area contributed by atoms with Gasteiger partial charge in [-0.15, -0.1) is 0 Å². The van der Waals surface area contributed by atoms with E-state index in [4.69, 9.17) is 5.11 Å². The van der Waals surface area contributed by atoms with Crippen molar-refractivity contribution in [1.29, 1.82) is 0 Å². The van der Waals surface area contributed by atoms with Gasteiger partial charge in [-0.25, -0.2) is 9.36 Å². The summed E-state index contributed by atoms with van der Waals surface area (Å²) >= 11 is 0.434. The average molecular weight is 402 g/mol. The molecule has 0 radical (unpaired) electrons. The number of alkyl halides is 6. The standard InChI is InChI=1S/C13H8F6N2O4S/c14-12(15,16)5-1-6(13(17,18)19)3-7(2-5)21-10(24)9(20-11(21)25)26-4-8(22)23/h1-3,24H,4H2,(H,20,25)(H,22,23). The van der Waals surface area contributed by atoms with Crippen LogP contribution in [0.2, 0.25) is 0 Å². The molecule has 0 saturated carbocycles. The van der Waals surface area contributed by atoms with Gasteiger partial charge in [0.25, 0.3) is 0 Å². The van der Waals surface area contributed by atoms with Crippen LogP contribution in [-0.4, -0.2) is 31.5 Å². The quantitative estimate of drug-likeness (QED) is 0.540. The van der Waals surface area contributed by atoms with Crippen molar-refractivity contribution >= 4 is 17.7 Å². The molecule has 2 aromatic rings. The minimum absolute atomic E-state index is 0.127. The third-order valence-electron chi connectivity index (χ3n) is 3.01. The number of rotatable bonds is 4. The molecule has 142 valence electrons. The zero-order valence-corrected chi connectivity index (χ0v) is 13.1. The Hall–Kier alpha value is -2.57. The molecular formula is C13H8F6N2O4S. The average Bonchev–Trinajstić information content (AvgIpc) is 2.77. The number of aliphatic carboxylic acids is 1. The largest absolute Gasteiger partial charge is 0.492 e. The number of aromatic amines is 1. The number of carboxylic acids is 1. The molecule has 2 rings (SSSR count). The number of hydrogen-bond donors (Lipinski definition) is 3. The van der Waals surface area contributed by atoms with E-state index in [1.165, 1.54) is 0 Å². The Morgan fingerprint density at radius 1 is 1.08 bits per heavy atom. The van der Waals surface area contributed by atoms with Crippen molar-refractivity contribution in [2.75, 3.05) is 5.75 Å². The Balaban J connectivity index is 2.65. The first-order valence-electron chi connectivity index (χ1n) is 6.49. The number of imidazole rings is 1. The van der Waals surface area contributed by atoms with Crippen LogP contribution in [0.15, 0.2) is 28.0 Å². The van der Waals surface area contributed by atoms with Gasteiger partial charge < -0.3 is 10.2 Å². The number of benzene rings is 1. The fourth-order valence-electron chi connectivity index (χ4n) is 1.95. The molecule has 0 fully saturated rings. The number of halogens is 6. The number of carboxylic acid groups (broad SMARTS) is 1. The number of hydrogen-bond acceptors (Lipinski definition) is 4. The lowest BCUT2D eigenvalue weighted by Crippen LogP contribution is -2.18. The predicted molar refractivity (Wildman–Crippen MR) is 76.4 cm³/mol. The zero-order chi connectivity index (χ0) is 19.9. The highest BCUT2D eigenvalue weighted by molar-refractivity contribution is 8.00. The summed E-state index contributed by atoms with van der Waals surface area (Å²) in [5, 5.41) is 18.1. The van der Waals surface area contributed by atoms with Crippen LogP contribution < -0.4 is 5.69 Å². The molecule has 0 saturated heterocycles. The number of nitrogens with zero attached hydrogens (tertiary/aromatic N) is 1. The molecule has 0 aliphatic rings. The fourth-order valence-corrected chi connectivity index (χ4v) is 2.60. The number of aromatic nitrogens is 2. The first kappa shape index (κ1) is 19.8. The molecule has 6 nitrogen and oxygen atoms in total. The smallest absolute Gasteiger partial charge is 0.416 e. The summed E-state index contributed by atoms with van der Waals surface area (Å²) in [6.45, 7) is 0. The van der Waals surface area contributed by atoms with E-state index < -0.39 is 57.5 Å². The van der Waals surface area contributed by atoms with Crippen LogP contribution in [0, 0.1) is 0 Å². The van der Waals surface area contributed by atoms with Crippen LogP contribution in [0.3, 0.4) is 0 Å². The van der Waals surface area contributed by atoms with Gasteiger partial charge in [-0.05, 0) is 18.2 Å². The molecule has 0 atom stereocenters. The maximum atomic E-state index is 12.9. The number of nitrogens with one attached hydrogen (secondary N) is 1. The number of carbonyl (C=O) groups is 1. The molecule has 0 aliphatic heterocycles. The Morgan fingerprint density at radius 3 is 2.00 bits per heavy atom. The molecule has 1 aromatic carbocycles. The Labute approximate surface area is 144 Å². The van der Waals surface area contributed by atoms with Gasteiger partial charge in [0.15, 0.2) is 0 Å². The number of thioether (sulfide) groups is 1. The van der Waals surface area contributed by atoms with Gasteiger partial charge in [0.05, 0.1) is 22.6 Å². The normalized spacial score (nSPS) is 12.4. The van der Waals surface area contributed by atoms with Crippen molar-refractivity contribution in [1.82, 2.24) is 9.55 Å². The molecule has 0 unspecified atom stereocenters. The van der Waals surface area contributed by atoms with Crippen LogP contribution in [0.4, 0.5) is 26.3 Å². The third-order valence-corrected chi connectivity index (χ3v) is 3.97. The van der Waals surface area contributed by atoms with E-state index in [0.717, 1.165) is 0 Å². The van der Waals surface area contributed by atoms with E-state index in [-0.39, 0.29) is 22.8 Å². The van der Waals surface area contributed by atoms with Gasteiger partial charge >= 0.3 is 24.0 Å². The highest BCUT2D eigenvalue weighted by Crippen LogP contribution is 2.38. The second-order valence-corrected chi connectivity index (χ2v) is 5.85. The summed E-state index contributed by atoms with van der Waals surface area (Å²) in [5.74, 6) is -2.93. The van der Waals surface area contributed by atoms with Gasteiger partial charge in [-0.3, -0.25) is 9.78 Å². The van der Waals surface area contributed by atoms with Gasteiger partial charge in [-0.2, -0.15) is 26.3 Å². The maximum absolute atomic E-state index is 12.9. The van der Waals surface area contributed by atoms with Crippen molar-refractivity contribution in [2.24, 2.45) is 0 Å². The van der Waals surface area contributed by atoms with Crippen molar-refractivity contribution in [3.63, 3.8) is 0 Å². The van der Waals surface area contributed by atoms with Crippen LogP contribution in [0.1, 0.15) is 11.1 Å². The summed E-state index contributed by atoms with van der Waals surface area (Å²) in [6.07, 6.45) is -10.3. The Morgan fingerprint density at radius 2 is 1.58 bits per heavy atom. The lowest BCUT2D eigenvalue weighted by Gasteiger charge is -2.14. The molecule has 0 bridgehead atoms. The Kier molecular flexibility index (Phi) is 5.03. The number of aromatic hydroxyl groups is 1. The molecule has 26 heavy (non-hydrogen) atoms. The van der Waals surface area contributed by atoms with Crippen molar-refractivity contribution < 1.29 is 41.4 Å². The highest BCUT2D eigenvalue weighted by Gasteiger charge is 2.37. The second-order valence-electron chi connectivity index (χ2n) is 4.86. The summed E-state index contributed by atoms with van der Waals surface area (Å²) in [7, 11) is 0. The molecule has 1 heterocycles. The lowest BCUT2D eigenvalue weighted by molar-refractivity contribution is -0.143. The van der Waals surface area contributed by atoms with E-state index >= 15 is 0 Å². The first-order chi connectivity index (χ1) is 11.8. The van der Waals surface area contributed by atoms with Crippen LogP contribution in [0.5, 0.6) is 5.88 Å². The van der Waals surface area contributed by atoms with Crippen molar-refractivity contribution in [3.8, 4) is 11.6 Å². The third kappa shape index (κ3) is 4.15. The molecule has 0 aliphatic carbocycles. The number of H-pyrrole nitrogens is 1. The molecular weight excluding hydrogens is 394 g/mol. The highest BCUT2D eigenvalue weighted by atomic mass is 32.2. The molecule has 3 N–H and O–H groups in total. The van der Waals surface area contributed by atoms with E-state index in [2.05, 4.69) is 0 Å². The van der Waals surface area contributed by atoms with Gasteiger partial charge in [0.1, 0.15) is 5.03 Å². The van der Waals surface area contributed by atoms with Crippen LogP contribution in [-0.2, 0) is 17.1 Å². The summed E-state index contributed by atoms with van der Waals surface area (Å²) in [5.41, 5.74) is -5.46. The Bertz CT molecular complexity index is 867. The monoisotopic (exact) mass is 402 g/mol. The SMILES string of the molecule is O=C(O)CSc1[nH]c(=O)n(-c2cc(C(F)(F)F)cc(C(F)(F)F)c2)c1O. The van der Waals surface area contributed by atoms with Gasteiger partial charge in [0.2, 0.25) is 5.88 Å². The second kappa shape index (κ2) is 6.63. The molecule has 0 spiro atoms. The topological polar surface area (TPSA) is 95.3 Å². The zero-order valence-electron chi connectivity index (χ0n) is 12.3. The summed E-state index contributed by atoms with van der Waals surface area (Å²) in [4.78, 5) is 24.3. The minimum atomic E-state index is -5.13. The van der Waals surface area contributed by atoms with Gasteiger partial charge in [0, 0.05) is 0 Å². The predicted octanol–water partition coefficient (Wildman–Crippen LogP) is 3.09. The van der Waals surface area contributed by atoms with Gasteiger partial charge in [-0.1, -0.05) is 11.8 Å². The first-order valence-corrected chi connectivity index (χ1v) is 7.47. The fraction of sp³-hybridized carbons (Fsp3) is 0.231. The maximum Gasteiger partial charge on any atom is 0.416 e. The lowest BCUT2D eigenvalue weighted by atomic mass is 10.1. The molecule has 1 aromatic heterocycles. The van der Waals surface area contributed by atoms with Crippen molar-refractivity contribution in [2.45, 2.75) is 17.4 Å². The summed E-state index contributed by atoms with van der Waals surface area (Å²) in [6, 6.07) is 0.393. The van der Waals surface area contributed by atoms with Crippen molar-refractivity contribution in [3.05, 3.63) is 39.8 Å². The molecule has 13 heteroatoms.